The van der Waals surface area contributed by atoms with Crippen molar-refractivity contribution in [1.29, 1.82) is 0 Å². The number of hydrogen-bond donors (Lipinski definition) is 1. The first-order valence-corrected chi connectivity index (χ1v) is 8.30. The highest BCUT2D eigenvalue weighted by atomic mass is 16.5. The SMILES string of the molecule is COc1ccc(C(=O)NCc2ccccc2CN(C)C)c(OC)c1OC. The minimum absolute atomic E-state index is 0.234. The molecule has 140 valence electrons. The molecule has 0 bridgehead atoms. The molecule has 0 spiro atoms. The molecule has 0 fully saturated rings. The Morgan fingerprint density at radius 3 is 2.15 bits per heavy atom. The van der Waals surface area contributed by atoms with Gasteiger partial charge in [-0.1, -0.05) is 24.3 Å². The fraction of sp³-hybridized carbons (Fsp3) is 0.350. The number of nitrogens with one attached hydrogen (secondary N) is 1. The highest BCUT2D eigenvalue weighted by Gasteiger charge is 2.20. The van der Waals surface area contributed by atoms with E-state index >= 15 is 0 Å². The van der Waals surface area contributed by atoms with Crippen LogP contribution in [0, 0.1) is 0 Å². The van der Waals surface area contributed by atoms with Crippen molar-refractivity contribution < 1.29 is 19.0 Å². The Kier molecular flexibility index (Phi) is 6.86. The highest BCUT2D eigenvalue weighted by Crippen LogP contribution is 2.39. The van der Waals surface area contributed by atoms with Gasteiger partial charge in [-0.2, -0.15) is 0 Å². The highest BCUT2D eigenvalue weighted by molar-refractivity contribution is 5.98. The molecule has 0 saturated heterocycles. The quantitative estimate of drug-likeness (QED) is 0.786. The number of amides is 1. The van der Waals surface area contributed by atoms with Gasteiger partial charge < -0.3 is 24.4 Å². The molecule has 0 aliphatic heterocycles. The topological polar surface area (TPSA) is 60.0 Å². The van der Waals surface area contributed by atoms with Gasteiger partial charge in [-0.3, -0.25) is 4.79 Å². The van der Waals surface area contributed by atoms with E-state index in [1.165, 1.54) is 19.8 Å². The maximum atomic E-state index is 12.7. The number of nitrogens with zero attached hydrogens (tertiary/aromatic N) is 1. The second-order valence-corrected chi connectivity index (χ2v) is 6.07. The zero-order valence-corrected chi connectivity index (χ0v) is 16.0. The van der Waals surface area contributed by atoms with Gasteiger partial charge in [0.15, 0.2) is 11.5 Å². The molecular weight excluding hydrogens is 332 g/mol. The maximum Gasteiger partial charge on any atom is 0.255 e. The number of carbonyl (C=O) groups is 1. The molecule has 0 aliphatic rings. The predicted octanol–water partition coefficient (Wildman–Crippen LogP) is 2.70. The molecule has 0 saturated carbocycles. The first-order valence-electron chi connectivity index (χ1n) is 8.30. The number of ether oxygens (including phenoxy) is 3. The smallest absolute Gasteiger partial charge is 0.255 e. The molecule has 0 radical (unpaired) electrons. The van der Waals surface area contributed by atoms with Crippen LogP contribution < -0.4 is 19.5 Å². The van der Waals surface area contributed by atoms with Crippen molar-refractivity contribution in [2.45, 2.75) is 13.1 Å². The third-order valence-electron chi connectivity index (χ3n) is 3.99. The lowest BCUT2D eigenvalue weighted by molar-refractivity contribution is 0.0947. The van der Waals surface area contributed by atoms with E-state index in [4.69, 9.17) is 14.2 Å². The van der Waals surface area contributed by atoms with Crippen LogP contribution in [0.4, 0.5) is 0 Å². The van der Waals surface area contributed by atoms with Crippen LogP contribution in [-0.4, -0.2) is 46.2 Å². The molecule has 6 nitrogen and oxygen atoms in total. The zero-order chi connectivity index (χ0) is 19.1. The zero-order valence-electron chi connectivity index (χ0n) is 16.0. The van der Waals surface area contributed by atoms with Crippen molar-refractivity contribution in [3.8, 4) is 17.2 Å². The number of rotatable bonds is 8. The van der Waals surface area contributed by atoms with Crippen LogP contribution in [-0.2, 0) is 13.1 Å². The summed E-state index contributed by atoms with van der Waals surface area (Å²) in [7, 11) is 8.59. The Morgan fingerprint density at radius 2 is 1.58 bits per heavy atom. The monoisotopic (exact) mass is 358 g/mol. The fourth-order valence-corrected chi connectivity index (χ4v) is 2.78. The van der Waals surface area contributed by atoms with Gasteiger partial charge in [-0.05, 0) is 37.4 Å². The molecule has 0 aromatic heterocycles. The van der Waals surface area contributed by atoms with Crippen molar-refractivity contribution in [2.75, 3.05) is 35.4 Å². The molecule has 6 heteroatoms. The summed E-state index contributed by atoms with van der Waals surface area (Å²) in [5.74, 6) is 1.03. The Morgan fingerprint density at radius 1 is 0.923 bits per heavy atom. The molecule has 0 aliphatic carbocycles. The minimum atomic E-state index is -0.234. The van der Waals surface area contributed by atoms with Crippen LogP contribution >= 0.6 is 0 Å². The molecule has 2 aromatic carbocycles. The van der Waals surface area contributed by atoms with Crippen LogP contribution in [0.5, 0.6) is 17.2 Å². The summed E-state index contributed by atoms with van der Waals surface area (Å²) in [6, 6.07) is 11.4. The predicted molar refractivity (Wildman–Crippen MR) is 101 cm³/mol. The summed E-state index contributed by atoms with van der Waals surface area (Å²) in [5, 5.41) is 2.96. The lowest BCUT2D eigenvalue weighted by atomic mass is 10.1. The molecule has 0 atom stereocenters. The van der Waals surface area contributed by atoms with E-state index in [1.807, 2.05) is 32.3 Å². The van der Waals surface area contributed by atoms with Gasteiger partial charge in [0, 0.05) is 13.1 Å². The number of hydrogen-bond acceptors (Lipinski definition) is 5. The number of benzene rings is 2. The Balaban J connectivity index is 2.21. The number of methoxy groups -OCH3 is 3. The standard InChI is InChI=1S/C20H26N2O4/c1-22(2)13-15-9-7-6-8-14(15)12-21-20(23)16-10-11-17(24-3)19(26-5)18(16)25-4/h6-11H,12-13H2,1-5H3,(H,21,23). The van der Waals surface area contributed by atoms with Gasteiger partial charge in [-0.25, -0.2) is 0 Å². The van der Waals surface area contributed by atoms with Crippen LogP contribution in [0.3, 0.4) is 0 Å². The van der Waals surface area contributed by atoms with E-state index in [-0.39, 0.29) is 5.91 Å². The van der Waals surface area contributed by atoms with E-state index in [0.29, 0.717) is 29.4 Å². The molecule has 2 aromatic rings. The summed E-state index contributed by atoms with van der Waals surface area (Å²) < 4.78 is 16.0. The van der Waals surface area contributed by atoms with E-state index in [2.05, 4.69) is 16.3 Å². The normalized spacial score (nSPS) is 10.5. The first kappa shape index (κ1) is 19.6. The van der Waals surface area contributed by atoms with Crippen molar-refractivity contribution in [1.82, 2.24) is 10.2 Å². The molecule has 2 rings (SSSR count). The second kappa shape index (κ2) is 9.10. The average Bonchev–Trinajstić information content (AvgIpc) is 2.65. The van der Waals surface area contributed by atoms with E-state index < -0.39 is 0 Å². The van der Waals surface area contributed by atoms with Gasteiger partial charge in [0.2, 0.25) is 5.75 Å². The maximum absolute atomic E-state index is 12.7. The molecular formula is C20H26N2O4. The van der Waals surface area contributed by atoms with E-state index in [1.54, 1.807) is 19.2 Å². The van der Waals surface area contributed by atoms with Crippen molar-refractivity contribution in [3.05, 3.63) is 53.1 Å². The summed E-state index contributed by atoms with van der Waals surface area (Å²) in [6.45, 7) is 1.24. The lowest BCUT2D eigenvalue weighted by Crippen LogP contribution is -2.24. The Bertz CT molecular complexity index is 759. The third-order valence-corrected chi connectivity index (χ3v) is 3.99. The van der Waals surface area contributed by atoms with E-state index in [0.717, 1.165) is 12.1 Å². The summed E-state index contributed by atoms with van der Waals surface area (Å²) in [6.07, 6.45) is 0. The molecule has 1 N–H and O–H groups in total. The van der Waals surface area contributed by atoms with Crippen LogP contribution in [0.2, 0.25) is 0 Å². The fourth-order valence-electron chi connectivity index (χ4n) is 2.78. The van der Waals surface area contributed by atoms with Crippen molar-refractivity contribution in [3.63, 3.8) is 0 Å². The Labute approximate surface area is 154 Å². The molecule has 0 unspecified atom stereocenters. The minimum Gasteiger partial charge on any atom is -0.493 e. The summed E-state index contributed by atoms with van der Waals surface area (Å²) >= 11 is 0. The van der Waals surface area contributed by atoms with Crippen LogP contribution in [0.25, 0.3) is 0 Å². The number of carbonyl (C=O) groups excluding carboxylic acids is 1. The van der Waals surface area contributed by atoms with E-state index in [9.17, 15) is 4.79 Å². The van der Waals surface area contributed by atoms with Gasteiger partial charge >= 0.3 is 0 Å². The van der Waals surface area contributed by atoms with Crippen molar-refractivity contribution >= 4 is 5.91 Å². The molecule has 0 heterocycles. The average molecular weight is 358 g/mol. The summed E-state index contributed by atoms with van der Waals surface area (Å²) in [5.41, 5.74) is 2.65. The van der Waals surface area contributed by atoms with Crippen molar-refractivity contribution in [2.24, 2.45) is 0 Å². The third kappa shape index (κ3) is 4.46. The molecule has 1 amide bonds. The van der Waals surface area contributed by atoms with Crippen LogP contribution in [0.15, 0.2) is 36.4 Å². The second-order valence-electron chi connectivity index (χ2n) is 6.07. The van der Waals surface area contributed by atoms with Gasteiger partial charge in [0.25, 0.3) is 5.91 Å². The Hall–Kier alpha value is -2.73. The molecule has 26 heavy (non-hydrogen) atoms. The van der Waals surface area contributed by atoms with Gasteiger partial charge in [0.05, 0.1) is 26.9 Å². The van der Waals surface area contributed by atoms with Gasteiger partial charge in [0.1, 0.15) is 0 Å². The largest absolute Gasteiger partial charge is 0.493 e. The lowest BCUT2D eigenvalue weighted by Gasteiger charge is -2.17. The van der Waals surface area contributed by atoms with Crippen LogP contribution in [0.1, 0.15) is 21.5 Å². The van der Waals surface area contributed by atoms with Gasteiger partial charge in [-0.15, -0.1) is 0 Å². The summed E-state index contributed by atoms with van der Waals surface area (Å²) in [4.78, 5) is 14.8. The first-order chi connectivity index (χ1) is 12.5.